The van der Waals surface area contributed by atoms with E-state index in [1.807, 2.05) is 18.2 Å². The van der Waals surface area contributed by atoms with Crippen molar-refractivity contribution in [3.05, 3.63) is 29.8 Å². The first-order valence-electron chi connectivity index (χ1n) is 6.38. The van der Waals surface area contributed by atoms with Crippen LogP contribution in [0.4, 0.5) is 5.69 Å². The van der Waals surface area contributed by atoms with Crippen molar-refractivity contribution in [3.63, 3.8) is 0 Å². The minimum Gasteiger partial charge on any atom is -0.310 e. The van der Waals surface area contributed by atoms with Crippen LogP contribution >= 0.6 is 0 Å². The van der Waals surface area contributed by atoms with Gasteiger partial charge in [0.05, 0.1) is 5.25 Å². The predicted octanol–water partition coefficient (Wildman–Crippen LogP) is 2.26. The van der Waals surface area contributed by atoms with Gasteiger partial charge in [-0.3, -0.25) is 4.72 Å². The summed E-state index contributed by atoms with van der Waals surface area (Å²) < 4.78 is 26.3. The summed E-state index contributed by atoms with van der Waals surface area (Å²) in [5.41, 5.74) is 1.75. The van der Waals surface area contributed by atoms with E-state index in [4.69, 9.17) is 0 Å². The van der Waals surface area contributed by atoms with Gasteiger partial charge in [-0.25, -0.2) is 8.42 Å². The zero-order chi connectivity index (χ0) is 13.2. The smallest absolute Gasteiger partial charge is 0.235 e. The fourth-order valence-electron chi connectivity index (χ4n) is 1.92. The van der Waals surface area contributed by atoms with Gasteiger partial charge in [0.25, 0.3) is 0 Å². The average Bonchev–Trinajstić information content (AvgIpc) is 3.13. The number of nitrogens with one attached hydrogen (secondary N) is 2. The van der Waals surface area contributed by atoms with E-state index < -0.39 is 10.0 Å². The van der Waals surface area contributed by atoms with Crippen LogP contribution in [-0.2, 0) is 10.0 Å². The molecule has 2 N–H and O–H groups in total. The molecule has 0 heterocycles. The van der Waals surface area contributed by atoms with Crippen molar-refractivity contribution in [3.8, 4) is 0 Å². The maximum Gasteiger partial charge on any atom is 0.235 e. The molecule has 1 aliphatic rings. The highest BCUT2D eigenvalue weighted by Crippen LogP contribution is 2.30. The highest BCUT2D eigenvalue weighted by molar-refractivity contribution is 7.93. The molecule has 4 nitrogen and oxygen atoms in total. The number of hydrogen-bond donors (Lipinski definition) is 2. The monoisotopic (exact) mass is 268 g/mol. The Kier molecular flexibility index (Phi) is 3.92. The van der Waals surface area contributed by atoms with Crippen molar-refractivity contribution < 1.29 is 8.42 Å². The minimum absolute atomic E-state index is 0.188. The van der Waals surface area contributed by atoms with Gasteiger partial charge in [0.1, 0.15) is 0 Å². The normalized spacial score (nSPS) is 17.4. The standard InChI is InChI=1S/C13H20N2O2S/c1-3-14-10(2)11-5-4-6-12(9-11)15-18(16,17)13-7-8-13/h4-6,9-10,13-15H,3,7-8H2,1-2H3. The van der Waals surface area contributed by atoms with Crippen LogP contribution in [0.5, 0.6) is 0 Å². The van der Waals surface area contributed by atoms with Crippen LogP contribution in [0.15, 0.2) is 24.3 Å². The van der Waals surface area contributed by atoms with Gasteiger partial charge in [0, 0.05) is 11.7 Å². The third-order valence-electron chi connectivity index (χ3n) is 3.12. The fraction of sp³-hybridized carbons (Fsp3) is 0.538. The molecule has 1 aromatic carbocycles. The maximum absolute atomic E-state index is 11.8. The zero-order valence-corrected chi connectivity index (χ0v) is 11.6. The van der Waals surface area contributed by atoms with Crippen molar-refractivity contribution in [1.29, 1.82) is 0 Å². The van der Waals surface area contributed by atoms with Crippen LogP contribution in [0.3, 0.4) is 0 Å². The molecule has 1 saturated carbocycles. The molecule has 0 amide bonds. The molecular formula is C13H20N2O2S. The molecule has 1 atom stereocenters. The zero-order valence-electron chi connectivity index (χ0n) is 10.8. The van der Waals surface area contributed by atoms with E-state index in [0.717, 1.165) is 24.9 Å². The van der Waals surface area contributed by atoms with E-state index in [0.29, 0.717) is 5.69 Å². The van der Waals surface area contributed by atoms with Gasteiger partial charge in [-0.2, -0.15) is 0 Å². The number of hydrogen-bond acceptors (Lipinski definition) is 3. The van der Waals surface area contributed by atoms with E-state index in [9.17, 15) is 8.42 Å². The second-order valence-corrected chi connectivity index (χ2v) is 6.71. The van der Waals surface area contributed by atoms with E-state index in [2.05, 4.69) is 23.9 Å². The summed E-state index contributed by atoms with van der Waals surface area (Å²) in [6.45, 7) is 5.01. The Bertz CT molecular complexity index is 509. The fourth-order valence-corrected chi connectivity index (χ4v) is 3.30. The van der Waals surface area contributed by atoms with Crippen LogP contribution < -0.4 is 10.0 Å². The lowest BCUT2D eigenvalue weighted by Crippen LogP contribution is -2.19. The second kappa shape index (κ2) is 5.28. The van der Waals surface area contributed by atoms with Crippen LogP contribution in [0.1, 0.15) is 38.3 Å². The molecule has 0 radical (unpaired) electrons. The van der Waals surface area contributed by atoms with Gasteiger partial charge in [-0.15, -0.1) is 0 Å². The highest BCUT2D eigenvalue weighted by atomic mass is 32.2. The van der Waals surface area contributed by atoms with E-state index in [-0.39, 0.29) is 11.3 Å². The summed E-state index contributed by atoms with van der Waals surface area (Å²) in [6, 6.07) is 7.80. The Hall–Kier alpha value is -1.07. The van der Waals surface area contributed by atoms with Crippen LogP contribution in [-0.4, -0.2) is 20.2 Å². The summed E-state index contributed by atoms with van der Waals surface area (Å²) >= 11 is 0. The van der Waals surface area contributed by atoms with Gasteiger partial charge in [0.15, 0.2) is 0 Å². The summed E-state index contributed by atoms with van der Waals surface area (Å²) in [5, 5.41) is 3.12. The van der Waals surface area contributed by atoms with Gasteiger partial charge >= 0.3 is 0 Å². The molecule has 0 spiro atoms. The first-order chi connectivity index (χ1) is 8.53. The predicted molar refractivity (Wildman–Crippen MR) is 74.1 cm³/mol. The van der Waals surface area contributed by atoms with Crippen LogP contribution in [0.2, 0.25) is 0 Å². The second-order valence-electron chi connectivity index (χ2n) is 4.75. The molecule has 1 fully saturated rings. The third kappa shape index (κ3) is 3.23. The molecule has 0 bridgehead atoms. The molecule has 1 unspecified atom stereocenters. The van der Waals surface area contributed by atoms with Gasteiger partial charge in [0.2, 0.25) is 10.0 Å². The summed E-state index contributed by atoms with van der Waals surface area (Å²) in [5.74, 6) is 0. The molecule has 2 rings (SSSR count). The van der Waals surface area contributed by atoms with Crippen molar-refractivity contribution in [2.75, 3.05) is 11.3 Å². The summed E-state index contributed by atoms with van der Waals surface area (Å²) in [6.07, 6.45) is 1.56. The molecule has 18 heavy (non-hydrogen) atoms. The number of anilines is 1. The van der Waals surface area contributed by atoms with Crippen LogP contribution in [0.25, 0.3) is 0 Å². The van der Waals surface area contributed by atoms with E-state index in [1.165, 1.54) is 0 Å². The summed E-state index contributed by atoms with van der Waals surface area (Å²) in [7, 11) is -3.17. The van der Waals surface area contributed by atoms with Gasteiger partial charge < -0.3 is 5.32 Å². The molecule has 100 valence electrons. The lowest BCUT2D eigenvalue weighted by molar-refractivity contribution is 0.597. The Balaban J connectivity index is 2.12. The van der Waals surface area contributed by atoms with Crippen molar-refractivity contribution in [2.45, 2.75) is 38.0 Å². The number of rotatable bonds is 6. The third-order valence-corrected chi connectivity index (χ3v) is 4.99. The Morgan fingerprint density at radius 3 is 2.72 bits per heavy atom. The van der Waals surface area contributed by atoms with E-state index >= 15 is 0 Å². The van der Waals surface area contributed by atoms with E-state index in [1.54, 1.807) is 6.07 Å². The molecule has 0 aromatic heterocycles. The first-order valence-corrected chi connectivity index (χ1v) is 7.92. The van der Waals surface area contributed by atoms with Crippen molar-refractivity contribution >= 4 is 15.7 Å². The summed E-state index contributed by atoms with van der Waals surface area (Å²) in [4.78, 5) is 0. The molecule has 1 aliphatic carbocycles. The Morgan fingerprint density at radius 1 is 1.39 bits per heavy atom. The maximum atomic E-state index is 11.8. The molecule has 0 aliphatic heterocycles. The Labute approximate surface area is 109 Å². The lowest BCUT2D eigenvalue weighted by atomic mass is 10.1. The molecule has 5 heteroatoms. The molecular weight excluding hydrogens is 248 g/mol. The minimum atomic E-state index is -3.17. The SMILES string of the molecule is CCNC(C)c1cccc(NS(=O)(=O)C2CC2)c1. The largest absolute Gasteiger partial charge is 0.310 e. The highest BCUT2D eigenvalue weighted by Gasteiger charge is 2.35. The number of benzene rings is 1. The average molecular weight is 268 g/mol. The first kappa shape index (κ1) is 13.4. The number of sulfonamides is 1. The van der Waals surface area contributed by atoms with Gasteiger partial charge in [-0.05, 0) is 44.0 Å². The van der Waals surface area contributed by atoms with Crippen LogP contribution in [0, 0.1) is 0 Å². The van der Waals surface area contributed by atoms with Gasteiger partial charge in [-0.1, -0.05) is 19.1 Å². The molecule has 0 saturated heterocycles. The lowest BCUT2D eigenvalue weighted by Gasteiger charge is -2.14. The molecule has 1 aromatic rings. The van der Waals surface area contributed by atoms with Crippen molar-refractivity contribution in [2.24, 2.45) is 0 Å². The Morgan fingerprint density at radius 2 is 2.11 bits per heavy atom. The topological polar surface area (TPSA) is 58.2 Å². The quantitative estimate of drug-likeness (QED) is 0.832. The van der Waals surface area contributed by atoms with Crippen molar-refractivity contribution in [1.82, 2.24) is 5.32 Å².